The summed E-state index contributed by atoms with van der Waals surface area (Å²) in [5.41, 5.74) is 2.07. The van der Waals surface area contributed by atoms with Gasteiger partial charge in [-0.3, -0.25) is 0 Å². The molecule has 0 fully saturated rings. The van der Waals surface area contributed by atoms with Crippen LogP contribution in [-0.2, 0) is 0 Å². The summed E-state index contributed by atoms with van der Waals surface area (Å²) in [4.78, 5) is 0. The second-order valence-corrected chi connectivity index (χ2v) is 5.79. The first-order valence-corrected chi connectivity index (χ1v) is 8.16. The molecular formula is C24H18N2. The van der Waals surface area contributed by atoms with Crippen molar-refractivity contribution in [1.29, 1.82) is 0 Å². The summed E-state index contributed by atoms with van der Waals surface area (Å²) in [6, 6.07) is 13.4. The molecule has 5 aromatic rings. The van der Waals surface area contributed by atoms with E-state index in [-0.39, 0.29) is 46.0 Å². The van der Waals surface area contributed by atoms with Crippen LogP contribution in [0.4, 0.5) is 11.4 Å². The van der Waals surface area contributed by atoms with E-state index < -0.39 is 24.2 Å². The van der Waals surface area contributed by atoms with Gasteiger partial charge in [0.05, 0.1) is 33.4 Å². The van der Waals surface area contributed by atoms with Crippen LogP contribution in [0.1, 0.15) is 11.0 Å². The fraction of sp³-hybridized carbons (Fsp3) is 0. The van der Waals surface area contributed by atoms with E-state index in [2.05, 4.69) is 5.32 Å². The van der Waals surface area contributed by atoms with Crippen LogP contribution >= 0.6 is 0 Å². The van der Waals surface area contributed by atoms with E-state index >= 15 is 0 Å². The number of aromatic nitrogens is 1. The van der Waals surface area contributed by atoms with Gasteiger partial charge in [-0.25, -0.2) is 0 Å². The lowest BCUT2D eigenvalue weighted by molar-refractivity contribution is 1.18. The summed E-state index contributed by atoms with van der Waals surface area (Å²) in [5.74, 6) is 0. The van der Waals surface area contributed by atoms with Crippen LogP contribution in [-0.4, -0.2) is 4.57 Å². The van der Waals surface area contributed by atoms with Gasteiger partial charge in [-0.1, -0.05) is 66.6 Å². The number of nitrogens with one attached hydrogen (secondary N) is 1. The Morgan fingerprint density at radius 1 is 0.654 bits per heavy atom. The fourth-order valence-corrected chi connectivity index (χ4v) is 3.11. The average molecular weight is 342 g/mol. The van der Waals surface area contributed by atoms with Gasteiger partial charge in [-0.2, -0.15) is 0 Å². The summed E-state index contributed by atoms with van der Waals surface area (Å²) >= 11 is 0. The molecule has 0 spiro atoms. The molecule has 0 atom stereocenters. The molecule has 0 saturated heterocycles. The molecule has 1 heterocycles. The Kier molecular flexibility index (Phi) is 2.04. The summed E-state index contributed by atoms with van der Waals surface area (Å²) in [6.45, 7) is 0. The van der Waals surface area contributed by atoms with Crippen LogP contribution in [0.25, 0.3) is 27.5 Å². The standard InChI is InChI=1S/C24H18N2/c1-2-10-18(11-3-1)25-21-14-6-9-17-24(21)26-22-15-7-4-12-19(22)20-13-5-8-16-23(20)26/h1-17,25H/i4D,5D,7D,8D,12D,13D,15D,16D. The predicted molar refractivity (Wildman–Crippen MR) is 111 cm³/mol. The van der Waals surface area contributed by atoms with Gasteiger partial charge in [-0.05, 0) is 36.4 Å². The van der Waals surface area contributed by atoms with Crippen molar-refractivity contribution in [2.45, 2.75) is 0 Å². The lowest BCUT2D eigenvalue weighted by Crippen LogP contribution is -2.00. The van der Waals surface area contributed by atoms with Crippen LogP contribution in [0.3, 0.4) is 0 Å². The second kappa shape index (κ2) is 6.08. The summed E-state index contributed by atoms with van der Waals surface area (Å²) in [6.07, 6.45) is 0. The maximum Gasteiger partial charge on any atom is 0.0697 e. The van der Waals surface area contributed by atoms with Crippen LogP contribution in [0.5, 0.6) is 0 Å². The Morgan fingerprint density at radius 2 is 1.23 bits per heavy atom. The molecule has 5 rings (SSSR count). The number of anilines is 2. The van der Waals surface area contributed by atoms with Crippen molar-refractivity contribution in [3.05, 3.63) is 103 Å². The SMILES string of the molecule is [2H]c1c([2H])c([2H])c2c(c1[2H])c1c([2H])c([2H])c([2H])c([2H])c1n2-c1ccccc1Nc1ccccc1. The molecule has 4 aromatic carbocycles. The first kappa shape index (κ1) is 8.72. The largest absolute Gasteiger partial charge is 0.354 e. The number of hydrogen-bond donors (Lipinski definition) is 1. The molecule has 2 heteroatoms. The van der Waals surface area contributed by atoms with Gasteiger partial charge < -0.3 is 9.88 Å². The minimum atomic E-state index is -0.459. The molecule has 2 nitrogen and oxygen atoms in total. The lowest BCUT2D eigenvalue weighted by Gasteiger charge is -2.15. The van der Waals surface area contributed by atoms with Crippen molar-refractivity contribution in [2.24, 2.45) is 0 Å². The highest BCUT2D eigenvalue weighted by Gasteiger charge is 2.13. The second-order valence-electron chi connectivity index (χ2n) is 5.79. The first-order chi connectivity index (χ1) is 16.2. The molecule has 1 N–H and O–H groups in total. The fourth-order valence-electron chi connectivity index (χ4n) is 3.11. The smallest absolute Gasteiger partial charge is 0.0697 e. The number of para-hydroxylation sites is 5. The molecule has 0 amide bonds. The minimum Gasteiger partial charge on any atom is -0.354 e. The lowest BCUT2D eigenvalue weighted by atomic mass is 10.2. The molecule has 0 aliphatic rings. The molecular weight excluding hydrogens is 316 g/mol. The molecule has 0 saturated carbocycles. The maximum absolute atomic E-state index is 8.64. The number of hydrogen-bond acceptors (Lipinski definition) is 1. The van der Waals surface area contributed by atoms with Gasteiger partial charge in [-0.15, -0.1) is 0 Å². The minimum absolute atomic E-state index is 0.0579. The maximum atomic E-state index is 8.64. The third-order valence-electron chi connectivity index (χ3n) is 4.23. The van der Waals surface area contributed by atoms with Crippen LogP contribution < -0.4 is 5.32 Å². The third kappa shape index (κ3) is 2.35. The Labute approximate surface area is 163 Å². The van der Waals surface area contributed by atoms with E-state index in [4.69, 9.17) is 11.0 Å². The highest BCUT2D eigenvalue weighted by Crippen LogP contribution is 2.34. The van der Waals surface area contributed by atoms with Gasteiger partial charge in [0.15, 0.2) is 0 Å². The molecule has 0 aliphatic carbocycles. The van der Waals surface area contributed by atoms with E-state index in [1.54, 1.807) is 18.2 Å². The van der Waals surface area contributed by atoms with E-state index in [0.717, 1.165) is 5.69 Å². The van der Waals surface area contributed by atoms with Crippen LogP contribution in [0.15, 0.2) is 103 Å². The monoisotopic (exact) mass is 342 g/mol. The van der Waals surface area contributed by atoms with Crippen molar-refractivity contribution in [1.82, 2.24) is 4.57 Å². The summed E-state index contributed by atoms with van der Waals surface area (Å²) in [7, 11) is 0. The van der Waals surface area contributed by atoms with Crippen molar-refractivity contribution in [3.63, 3.8) is 0 Å². The van der Waals surface area contributed by atoms with Crippen LogP contribution in [0.2, 0.25) is 0 Å². The number of benzene rings is 4. The van der Waals surface area contributed by atoms with Gasteiger partial charge in [0.1, 0.15) is 0 Å². The number of nitrogens with zero attached hydrogens (tertiary/aromatic N) is 1. The van der Waals surface area contributed by atoms with E-state index in [9.17, 15) is 0 Å². The van der Waals surface area contributed by atoms with Gasteiger partial charge in [0.2, 0.25) is 0 Å². The Balaban J connectivity index is 2.01. The first-order valence-electron chi connectivity index (χ1n) is 12.2. The molecule has 0 bridgehead atoms. The zero-order chi connectivity index (χ0) is 24.3. The summed E-state index contributed by atoms with van der Waals surface area (Å²) < 4.78 is 68.6. The van der Waals surface area contributed by atoms with Gasteiger partial charge >= 0.3 is 0 Å². The zero-order valence-electron chi connectivity index (χ0n) is 21.6. The molecule has 26 heavy (non-hydrogen) atoms. The van der Waals surface area contributed by atoms with Crippen molar-refractivity contribution in [2.75, 3.05) is 5.32 Å². The van der Waals surface area contributed by atoms with Gasteiger partial charge in [0.25, 0.3) is 0 Å². The highest BCUT2D eigenvalue weighted by atomic mass is 15.0. The zero-order valence-corrected chi connectivity index (χ0v) is 13.6. The van der Waals surface area contributed by atoms with E-state index in [1.807, 2.05) is 36.4 Å². The topological polar surface area (TPSA) is 17.0 Å². The van der Waals surface area contributed by atoms with Crippen molar-refractivity contribution in [3.8, 4) is 5.69 Å². The van der Waals surface area contributed by atoms with E-state index in [1.165, 1.54) is 4.57 Å². The van der Waals surface area contributed by atoms with Crippen molar-refractivity contribution >= 4 is 33.2 Å². The van der Waals surface area contributed by atoms with Crippen molar-refractivity contribution < 1.29 is 11.0 Å². The number of fused-ring (bicyclic) bond motifs is 3. The van der Waals surface area contributed by atoms with Gasteiger partial charge in [0, 0.05) is 16.5 Å². The highest BCUT2D eigenvalue weighted by molar-refractivity contribution is 6.09. The van der Waals surface area contributed by atoms with E-state index in [0.29, 0.717) is 11.4 Å². The normalized spacial score (nSPS) is 15.4. The Morgan fingerprint density at radius 3 is 1.92 bits per heavy atom. The third-order valence-corrected chi connectivity index (χ3v) is 4.23. The number of rotatable bonds is 3. The van der Waals surface area contributed by atoms with Crippen LogP contribution in [0, 0.1) is 0 Å². The average Bonchev–Trinajstić information content (AvgIpc) is 3.21. The summed E-state index contributed by atoms with van der Waals surface area (Å²) in [5, 5.41) is 3.42. The molecule has 0 radical (unpaired) electrons. The Bertz CT molecular complexity index is 1530. The molecule has 124 valence electrons. The molecule has 0 aliphatic heterocycles. The quantitative estimate of drug-likeness (QED) is 0.394. The predicted octanol–water partition coefficient (Wildman–Crippen LogP) is 6.53. The molecule has 0 unspecified atom stereocenters. The molecule has 1 aromatic heterocycles. The Hall–Kier alpha value is -3.52.